The normalized spacial score (nSPS) is 12.2. The third-order valence-electron chi connectivity index (χ3n) is 2.80. The van der Waals surface area contributed by atoms with Crippen LogP contribution in [0.25, 0.3) is 0 Å². The molecule has 0 aliphatic rings. The second-order valence-corrected chi connectivity index (χ2v) is 6.06. The minimum Gasteiger partial charge on any atom is -0.491 e. The highest BCUT2D eigenvalue weighted by atomic mass is 35.5. The van der Waals surface area contributed by atoms with Crippen molar-refractivity contribution < 1.29 is 9.13 Å². The van der Waals surface area contributed by atoms with Gasteiger partial charge >= 0.3 is 0 Å². The second kappa shape index (κ2) is 6.33. The Kier molecular flexibility index (Phi) is 4.73. The van der Waals surface area contributed by atoms with Gasteiger partial charge in [0.15, 0.2) is 11.6 Å². The van der Waals surface area contributed by atoms with Crippen LogP contribution in [0, 0.1) is 5.82 Å². The number of hydrogen-bond acceptors (Lipinski definition) is 4. The van der Waals surface area contributed by atoms with Crippen LogP contribution in [-0.2, 0) is 0 Å². The molecule has 1 unspecified atom stereocenters. The van der Waals surface area contributed by atoms with Crippen molar-refractivity contribution in [2.45, 2.75) is 19.9 Å². The first-order chi connectivity index (χ1) is 9.51. The Bertz CT molecular complexity index is 603. The first-order valence-electron chi connectivity index (χ1n) is 6.24. The van der Waals surface area contributed by atoms with Crippen molar-refractivity contribution in [1.29, 1.82) is 0 Å². The summed E-state index contributed by atoms with van der Waals surface area (Å²) in [6, 6.07) is 6.67. The van der Waals surface area contributed by atoms with Gasteiger partial charge in [-0.05, 0) is 26.0 Å². The molecular weight excluding hydrogens is 299 g/mol. The Morgan fingerprint density at radius 3 is 2.80 bits per heavy atom. The maximum Gasteiger partial charge on any atom is 0.167 e. The predicted molar refractivity (Wildman–Crippen MR) is 83.3 cm³/mol. The van der Waals surface area contributed by atoms with Gasteiger partial charge in [0.25, 0.3) is 0 Å². The molecule has 2 aromatic rings. The Hall–Kier alpha value is -1.46. The summed E-state index contributed by atoms with van der Waals surface area (Å²) in [5, 5.41) is 3.25. The summed E-state index contributed by atoms with van der Waals surface area (Å²) >= 11 is 7.42. The lowest BCUT2D eigenvalue weighted by Crippen LogP contribution is -2.08. The van der Waals surface area contributed by atoms with Crippen LogP contribution >= 0.6 is 22.9 Å². The fourth-order valence-corrected chi connectivity index (χ4v) is 2.89. The number of halogens is 2. The van der Waals surface area contributed by atoms with E-state index in [2.05, 4.69) is 5.32 Å². The number of ether oxygens (including phenoxy) is 1. The van der Waals surface area contributed by atoms with E-state index in [9.17, 15) is 4.39 Å². The molecule has 0 spiro atoms. The third-order valence-corrected chi connectivity index (χ3v) is 4.21. The highest BCUT2D eigenvalue weighted by Gasteiger charge is 2.13. The molecule has 0 fully saturated rings. The Labute approximate surface area is 126 Å². The van der Waals surface area contributed by atoms with Crippen LogP contribution in [0.2, 0.25) is 4.34 Å². The van der Waals surface area contributed by atoms with Crippen LogP contribution < -0.4 is 15.8 Å². The number of nitrogens with one attached hydrogen (secondary N) is 1. The number of benzene rings is 1. The number of anilines is 2. The molecule has 1 aromatic heterocycles. The fraction of sp³-hybridized carbons (Fsp3) is 0.286. The van der Waals surface area contributed by atoms with Gasteiger partial charge in [-0.2, -0.15) is 0 Å². The monoisotopic (exact) mass is 314 g/mol. The maximum absolute atomic E-state index is 13.6. The first kappa shape index (κ1) is 14.9. The van der Waals surface area contributed by atoms with Crippen LogP contribution in [0.15, 0.2) is 24.3 Å². The molecule has 6 heteroatoms. The van der Waals surface area contributed by atoms with Gasteiger partial charge in [0.1, 0.15) is 0 Å². The second-order valence-electron chi connectivity index (χ2n) is 4.31. The maximum atomic E-state index is 13.6. The SMILES string of the molecule is CCOc1cc(NC(C)c2ccc(Cl)s2)c(N)cc1F. The topological polar surface area (TPSA) is 47.3 Å². The first-order valence-corrected chi connectivity index (χ1v) is 7.44. The minimum atomic E-state index is -0.457. The molecule has 1 aromatic carbocycles. The van der Waals surface area contributed by atoms with E-state index in [0.29, 0.717) is 18.0 Å². The highest BCUT2D eigenvalue weighted by molar-refractivity contribution is 7.16. The van der Waals surface area contributed by atoms with Crippen LogP contribution in [-0.4, -0.2) is 6.61 Å². The van der Waals surface area contributed by atoms with Crippen LogP contribution in [0.1, 0.15) is 24.8 Å². The summed E-state index contributed by atoms with van der Waals surface area (Å²) in [5.41, 5.74) is 6.83. The van der Waals surface area contributed by atoms with Crippen molar-refractivity contribution in [1.82, 2.24) is 0 Å². The van der Waals surface area contributed by atoms with Crippen LogP contribution in [0.3, 0.4) is 0 Å². The van der Waals surface area contributed by atoms with Crippen molar-refractivity contribution >= 4 is 34.3 Å². The van der Waals surface area contributed by atoms with Crippen molar-refractivity contribution in [3.8, 4) is 5.75 Å². The van der Waals surface area contributed by atoms with Crippen LogP contribution in [0.5, 0.6) is 5.75 Å². The minimum absolute atomic E-state index is 0.0229. The van der Waals surface area contributed by atoms with Gasteiger partial charge in [0, 0.05) is 17.0 Å². The lowest BCUT2D eigenvalue weighted by atomic mass is 10.2. The van der Waals surface area contributed by atoms with Crippen LogP contribution in [0.4, 0.5) is 15.8 Å². The molecule has 108 valence electrons. The fourth-order valence-electron chi connectivity index (χ4n) is 1.83. The molecule has 1 atom stereocenters. The number of hydrogen-bond donors (Lipinski definition) is 2. The number of nitrogen functional groups attached to an aromatic ring is 1. The molecule has 20 heavy (non-hydrogen) atoms. The molecule has 2 rings (SSSR count). The molecule has 0 saturated heterocycles. The molecule has 3 nitrogen and oxygen atoms in total. The molecular formula is C14H16ClFN2OS. The summed E-state index contributed by atoms with van der Waals surface area (Å²) in [6.07, 6.45) is 0. The zero-order valence-electron chi connectivity index (χ0n) is 11.2. The molecule has 0 aliphatic heterocycles. The van der Waals surface area contributed by atoms with E-state index in [1.54, 1.807) is 13.0 Å². The van der Waals surface area contributed by atoms with Gasteiger partial charge in [-0.3, -0.25) is 0 Å². The molecule has 0 saturated carbocycles. The largest absolute Gasteiger partial charge is 0.491 e. The number of nitrogens with two attached hydrogens (primary N) is 1. The zero-order chi connectivity index (χ0) is 14.7. The molecule has 1 heterocycles. The number of thiophene rings is 1. The molecule has 3 N–H and O–H groups in total. The van der Waals surface area contributed by atoms with E-state index in [1.165, 1.54) is 17.4 Å². The summed E-state index contributed by atoms with van der Waals surface area (Å²) in [5.74, 6) is -0.262. The van der Waals surface area contributed by atoms with Gasteiger partial charge < -0.3 is 15.8 Å². The van der Waals surface area contributed by atoms with Crippen molar-refractivity contribution in [2.24, 2.45) is 0 Å². The van der Waals surface area contributed by atoms with Gasteiger partial charge in [-0.1, -0.05) is 11.6 Å². The standard InChI is InChI=1S/C14H16ClFN2OS/c1-3-19-12-7-11(10(17)6-9(12)16)18-8(2)13-4-5-14(15)20-13/h4-8,18H,3,17H2,1-2H3. The molecule has 0 bridgehead atoms. The molecule has 0 aliphatic carbocycles. The van der Waals surface area contributed by atoms with Crippen molar-refractivity contribution in [3.63, 3.8) is 0 Å². The number of rotatable bonds is 5. The average molecular weight is 315 g/mol. The smallest absolute Gasteiger partial charge is 0.167 e. The Morgan fingerprint density at radius 2 is 2.20 bits per heavy atom. The van der Waals surface area contributed by atoms with Gasteiger partial charge in [0.05, 0.1) is 28.4 Å². The van der Waals surface area contributed by atoms with E-state index >= 15 is 0 Å². The van der Waals surface area contributed by atoms with Crippen molar-refractivity contribution in [2.75, 3.05) is 17.7 Å². The van der Waals surface area contributed by atoms with E-state index in [-0.39, 0.29) is 11.8 Å². The van der Waals surface area contributed by atoms with Gasteiger partial charge in [-0.25, -0.2) is 4.39 Å². The Balaban J connectivity index is 2.22. The van der Waals surface area contributed by atoms with E-state index in [4.69, 9.17) is 22.1 Å². The predicted octanol–water partition coefficient (Wildman–Crippen LogP) is 4.69. The van der Waals surface area contributed by atoms with E-state index < -0.39 is 5.82 Å². The van der Waals surface area contributed by atoms with Gasteiger partial charge in [0.2, 0.25) is 0 Å². The summed E-state index contributed by atoms with van der Waals surface area (Å²) in [6.45, 7) is 4.20. The quantitative estimate of drug-likeness (QED) is 0.787. The van der Waals surface area contributed by atoms with Crippen molar-refractivity contribution in [3.05, 3.63) is 39.3 Å². The molecule has 0 radical (unpaired) electrons. The summed E-state index contributed by atoms with van der Waals surface area (Å²) in [7, 11) is 0. The lowest BCUT2D eigenvalue weighted by Gasteiger charge is -2.17. The lowest BCUT2D eigenvalue weighted by molar-refractivity contribution is 0.322. The third kappa shape index (κ3) is 3.35. The van der Waals surface area contributed by atoms with E-state index in [0.717, 1.165) is 9.21 Å². The van der Waals surface area contributed by atoms with E-state index in [1.807, 2.05) is 19.1 Å². The average Bonchev–Trinajstić information content (AvgIpc) is 2.82. The Morgan fingerprint density at radius 1 is 1.45 bits per heavy atom. The summed E-state index contributed by atoms with van der Waals surface area (Å²) < 4.78 is 19.6. The summed E-state index contributed by atoms with van der Waals surface area (Å²) in [4.78, 5) is 1.08. The zero-order valence-corrected chi connectivity index (χ0v) is 12.8. The van der Waals surface area contributed by atoms with Gasteiger partial charge in [-0.15, -0.1) is 11.3 Å². The highest BCUT2D eigenvalue weighted by Crippen LogP contribution is 2.33. The molecule has 0 amide bonds.